The van der Waals surface area contributed by atoms with Crippen LogP contribution in [0, 0.1) is 6.92 Å². The molecule has 0 bridgehead atoms. The number of ether oxygens (including phenoxy) is 1. The van der Waals surface area contributed by atoms with E-state index in [1.165, 1.54) is 11.1 Å². The highest BCUT2D eigenvalue weighted by molar-refractivity contribution is 14.0. The summed E-state index contributed by atoms with van der Waals surface area (Å²) in [7, 11) is 1.76. The molecule has 1 aliphatic rings. The molecule has 0 saturated carbocycles. The lowest BCUT2D eigenvalue weighted by Crippen LogP contribution is -2.41. The van der Waals surface area contributed by atoms with E-state index in [1.54, 1.807) is 7.05 Å². The van der Waals surface area contributed by atoms with Crippen molar-refractivity contribution in [2.75, 3.05) is 20.1 Å². The number of benzene rings is 2. The average molecular weight is 536 g/mol. The van der Waals surface area contributed by atoms with E-state index in [0.29, 0.717) is 26.1 Å². The Balaban J connectivity index is 0.00000341. The molecule has 2 N–H and O–H groups in total. The smallest absolute Gasteiger partial charge is 0.222 e. The molecule has 0 spiro atoms. The molecule has 7 heteroatoms. The lowest BCUT2D eigenvalue weighted by molar-refractivity contribution is -0.128. The van der Waals surface area contributed by atoms with Crippen molar-refractivity contribution in [2.45, 2.75) is 45.9 Å². The molecule has 31 heavy (non-hydrogen) atoms. The summed E-state index contributed by atoms with van der Waals surface area (Å²) in [5.74, 6) is 1.88. The highest BCUT2D eigenvalue weighted by Gasteiger charge is 2.20. The zero-order chi connectivity index (χ0) is 21.3. The molecule has 0 aliphatic carbocycles. The third-order valence-corrected chi connectivity index (χ3v) is 5.30. The molecule has 2 aromatic carbocycles. The Kier molecular flexibility index (Phi) is 10.1. The predicted molar refractivity (Wildman–Crippen MR) is 136 cm³/mol. The van der Waals surface area contributed by atoms with Gasteiger partial charge < -0.3 is 20.3 Å². The molecular weight excluding hydrogens is 503 g/mol. The monoisotopic (exact) mass is 536 g/mol. The minimum absolute atomic E-state index is 0. The van der Waals surface area contributed by atoms with Crippen LogP contribution in [0.5, 0.6) is 5.75 Å². The number of rotatable bonds is 8. The van der Waals surface area contributed by atoms with Crippen molar-refractivity contribution in [3.8, 4) is 5.75 Å². The molecule has 6 nitrogen and oxygen atoms in total. The second-order valence-electron chi connectivity index (χ2n) is 7.69. The summed E-state index contributed by atoms with van der Waals surface area (Å²) in [5, 5.41) is 6.70. The average Bonchev–Trinajstić information content (AvgIpc) is 3.15. The van der Waals surface area contributed by atoms with Gasteiger partial charge in [0.25, 0.3) is 0 Å². The Morgan fingerprint density at radius 3 is 2.52 bits per heavy atom. The van der Waals surface area contributed by atoms with E-state index in [9.17, 15) is 4.79 Å². The normalized spacial score (nSPS) is 14.7. The summed E-state index contributed by atoms with van der Waals surface area (Å²) in [6, 6.07) is 16.3. The summed E-state index contributed by atoms with van der Waals surface area (Å²) < 4.78 is 6.02. The van der Waals surface area contributed by atoms with Gasteiger partial charge in [-0.3, -0.25) is 9.79 Å². The van der Waals surface area contributed by atoms with E-state index in [0.717, 1.165) is 30.2 Å². The molecule has 1 amide bonds. The number of nitrogens with one attached hydrogen (secondary N) is 2. The number of halogens is 1. The Labute approximate surface area is 202 Å². The topological polar surface area (TPSA) is 66.0 Å². The van der Waals surface area contributed by atoms with E-state index >= 15 is 0 Å². The number of guanidine groups is 1. The van der Waals surface area contributed by atoms with Crippen molar-refractivity contribution in [3.05, 3.63) is 65.2 Å². The van der Waals surface area contributed by atoms with Gasteiger partial charge in [-0.05, 0) is 43.0 Å². The fourth-order valence-corrected chi connectivity index (χ4v) is 3.55. The first-order valence-electron chi connectivity index (χ1n) is 10.6. The van der Waals surface area contributed by atoms with E-state index in [-0.39, 0.29) is 36.0 Å². The van der Waals surface area contributed by atoms with Gasteiger partial charge in [-0.1, -0.05) is 42.5 Å². The van der Waals surface area contributed by atoms with Crippen LogP contribution in [0.25, 0.3) is 0 Å². The number of likely N-dealkylation sites (tertiary alicyclic amines) is 1. The van der Waals surface area contributed by atoms with Crippen LogP contribution in [-0.4, -0.2) is 43.0 Å². The summed E-state index contributed by atoms with van der Waals surface area (Å²) in [6.45, 7) is 6.88. The molecule has 0 aromatic heterocycles. The fraction of sp³-hybridized carbons (Fsp3) is 0.417. The Hall–Kier alpha value is -2.29. The number of aryl methyl sites for hydroxylation is 1. The minimum atomic E-state index is -0.00175. The van der Waals surface area contributed by atoms with Gasteiger partial charge >= 0.3 is 0 Å². The number of nitrogens with zero attached hydrogens (tertiary/aromatic N) is 2. The van der Waals surface area contributed by atoms with Crippen molar-refractivity contribution in [1.82, 2.24) is 15.5 Å². The first kappa shape index (κ1) is 25.0. The molecule has 2 aromatic rings. The van der Waals surface area contributed by atoms with Crippen molar-refractivity contribution in [3.63, 3.8) is 0 Å². The van der Waals surface area contributed by atoms with Gasteiger partial charge in [-0.25, -0.2) is 0 Å². The van der Waals surface area contributed by atoms with Crippen LogP contribution >= 0.6 is 24.0 Å². The quantitative estimate of drug-likeness (QED) is 0.306. The SMILES string of the molecule is CN=C(NCc1ccccc1CN1CCCC1=O)NCC(C)Oc1ccccc1C.I. The molecule has 3 rings (SSSR count). The Bertz CT molecular complexity index is 887. The van der Waals surface area contributed by atoms with Gasteiger partial charge in [0.2, 0.25) is 5.91 Å². The molecule has 1 heterocycles. The molecular formula is C24H33IN4O2. The summed E-state index contributed by atoms with van der Waals surface area (Å²) in [5.41, 5.74) is 3.47. The number of aliphatic imine (C=N–C) groups is 1. The van der Waals surface area contributed by atoms with Crippen LogP contribution in [0.15, 0.2) is 53.5 Å². The number of amides is 1. The second-order valence-corrected chi connectivity index (χ2v) is 7.69. The minimum Gasteiger partial charge on any atom is -0.489 e. The highest BCUT2D eigenvalue weighted by atomic mass is 127. The van der Waals surface area contributed by atoms with Crippen molar-refractivity contribution < 1.29 is 9.53 Å². The first-order chi connectivity index (χ1) is 14.6. The second kappa shape index (κ2) is 12.5. The van der Waals surface area contributed by atoms with E-state index in [4.69, 9.17) is 4.74 Å². The van der Waals surface area contributed by atoms with E-state index in [2.05, 4.69) is 27.8 Å². The van der Waals surface area contributed by atoms with E-state index < -0.39 is 0 Å². The predicted octanol–water partition coefficient (Wildman–Crippen LogP) is 3.87. The number of hydrogen-bond donors (Lipinski definition) is 2. The van der Waals surface area contributed by atoms with Gasteiger partial charge in [0.15, 0.2) is 5.96 Å². The lowest BCUT2D eigenvalue weighted by Gasteiger charge is -2.20. The number of carbonyl (C=O) groups is 1. The van der Waals surface area contributed by atoms with E-state index in [1.807, 2.05) is 55.1 Å². The fourth-order valence-electron chi connectivity index (χ4n) is 3.55. The van der Waals surface area contributed by atoms with Gasteiger partial charge in [0.05, 0.1) is 6.54 Å². The highest BCUT2D eigenvalue weighted by Crippen LogP contribution is 2.18. The molecule has 1 unspecified atom stereocenters. The lowest BCUT2D eigenvalue weighted by atomic mass is 10.1. The van der Waals surface area contributed by atoms with Gasteiger partial charge in [-0.15, -0.1) is 24.0 Å². The standard InChI is InChI=1S/C24H32N4O2.HI/c1-18-9-4-7-12-22(18)30-19(2)15-26-24(25-3)27-16-20-10-5-6-11-21(20)17-28-14-8-13-23(28)29;/h4-7,9-12,19H,8,13-17H2,1-3H3,(H2,25,26,27);1H. The van der Waals surface area contributed by atoms with Gasteiger partial charge in [0, 0.05) is 33.1 Å². The largest absolute Gasteiger partial charge is 0.489 e. The number of hydrogen-bond acceptors (Lipinski definition) is 3. The zero-order valence-electron chi connectivity index (χ0n) is 18.6. The molecule has 0 radical (unpaired) electrons. The summed E-state index contributed by atoms with van der Waals surface area (Å²) in [4.78, 5) is 18.2. The van der Waals surface area contributed by atoms with Crippen LogP contribution < -0.4 is 15.4 Å². The molecule has 1 atom stereocenters. The van der Waals surface area contributed by atoms with Crippen LogP contribution in [0.3, 0.4) is 0 Å². The molecule has 1 fully saturated rings. The van der Waals surface area contributed by atoms with Crippen LogP contribution in [0.4, 0.5) is 0 Å². The first-order valence-corrected chi connectivity index (χ1v) is 10.6. The molecule has 1 saturated heterocycles. The maximum Gasteiger partial charge on any atom is 0.222 e. The maximum atomic E-state index is 12.0. The van der Waals surface area contributed by atoms with Gasteiger partial charge in [0.1, 0.15) is 11.9 Å². The van der Waals surface area contributed by atoms with Crippen LogP contribution in [0.1, 0.15) is 36.5 Å². The Morgan fingerprint density at radius 2 is 1.84 bits per heavy atom. The van der Waals surface area contributed by atoms with Crippen molar-refractivity contribution in [1.29, 1.82) is 0 Å². The van der Waals surface area contributed by atoms with Crippen LogP contribution in [-0.2, 0) is 17.9 Å². The zero-order valence-corrected chi connectivity index (χ0v) is 20.9. The molecule has 1 aliphatic heterocycles. The van der Waals surface area contributed by atoms with Crippen LogP contribution in [0.2, 0.25) is 0 Å². The summed E-state index contributed by atoms with van der Waals surface area (Å²) >= 11 is 0. The van der Waals surface area contributed by atoms with Crippen molar-refractivity contribution in [2.24, 2.45) is 4.99 Å². The maximum absolute atomic E-state index is 12.0. The van der Waals surface area contributed by atoms with Crippen molar-refractivity contribution >= 4 is 35.8 Å². The van der Waals surface area contributed by atoms with Gasteiger partial charge in [-0.2, -0.15) is 0 Å². The summed E-state index contributed by atoms with van der Waals surface area (Å²) in [6.07, 6.45) is 1.62. The number of para-hydroxylation sites is 1. The molecule has 168 valence electrons. The number of carbonyl (C=O) groups excluding carboxylic acids is 1. The Morgan fingerprint density at radius 1 is 1.13 bits per heavy atom. The third kappa shape index (κ3) is 7.41. The third-order valence-electron chi connectivity index (χ3n) is 5.30.